The van der Waals surface area contributed by atoms with Crippen molar-refractivity contribution in [2.45, 2.75) is 20.8 Å². The number of aryl methyl sites for hydroxylation is 2. The molecule has 0 spiro atoms. The van der Waals surface area contributed by atoms with Crippen LogP contribution in [0.15, 0.2) is 48.5 Å². The molecule has 0 aromatic heterocycles. The Balaban J connectivity index is 2.48. The largest absolute Gasteiger partial charge is 0.341 e. The second kappa shape index (κ2) is 5.05. The molecule has 0 aliphatic heterocycles. The predicted molar refractivity (Wildman–Crippen MR) is 75.0 cm³/mol. The van der Waals surface area contributed by atoms with Gasteiger partial charge in [-0.05, 0) is 44.0 Å². The van der Waals surface area contributed by atoms with Gasteiger partial charge < -0.3 is 4.90 Å². The van der Waals surface area contributed by atoms with Gasteiger partial charge in [0.05, 0.1) is 0 Å². The van der Waals surface area contributed by atoms with Gasteiger partial charge in [-0.3, -0.25) is 0 Å². The average molecular weight is 225 g/mol. The molecule has 0 saturated heterocycles. The smallest absolute Gasteiger partial charge is 0.0440 e. The lowest BCUT2D eigenvalue weighted by atomic mass is 10.1. The van der Waals surface area contributed by atoms with Crippen LogP contribution in [-0.4, -0.2) is 6.54 Å². The van der Waals surface area contributed by atoms with E-state index in [9.17, 15) is 0 Å². The summed E-state index contributed by atoms with van der Waals surface area (Å²) < 4.78 is 0. The van der Waals surface area contributed by atoms with Crippen molar-refractivity contribution in [3.8, 4) is 0 Å². The van der Waals surface area contributed by atoms with Crippen molar-refractivity contribution in [3.05, 3.63) is 59.7 Å². The Morgan fingerprint density at radius 1 is 0.765 bits per heavy atom. The summed E-state index contributed by atoms with van der Waals surface area (Å²) in [5.41, 5.74) is 5.23. The standard InChI is InChI=1S/C16H19N/c1-4-17(15-11-7-5-9-13(15)2)16-12-8-6-10-14(16)3/h5-12H,4H2,1-3H3. The van der Waals surface area contributed by atoms with Crippen molar-refractivity contribution < 1.29 is 0 Å². The molecule has 0 heterocycles. The number of hydrogen-bond acceptors (Lipinski definition) is 1. The molecule has 2 aromatic carbocycles. The predicted octanol–water partition coefficient (Wildman–Crippen LogP) is 4.46. The van der Waals surface area contributed by atoms with Gasteiger partial charge >= 0.3 is 0 Å². The van der Waals surface area contributed by atoms with Gasteiger partial charge in [0.25, 0.3) is 0 Å². The fourth-order valence-corrected chi connectivity index (χ4v) is 2.20. The summed E-state index contributed by atoms with van der Waals surface area (Å²) in [4.78, 5) is 2.37. The molecule has 17 heavy (non-hydrogen) atoms. The molecular formula is C16H19N. The number of benzene rings is 2. The van der Waals surface area contributed by atoms with Crippen LogP contribution in [0.2, 0.25) is 0 Å². The van der Waals surface area contributed by atoms with Gasteiger partial charge in [-0.1, -0.05) is 36.4 Å². The van der Waals surface area contributed by atoms with Crippen LogP contribution < -0.4 is 4.90 Å². The molecular weight excluding hydrogens is 206 g/mol. The third kappa shape index (κ3) is 2.33. The minimum Gasteiger partial charge on any atom is -0.341 e. The lowest BCUT2D eigenvalue weighted by Crippen LogP contribution is -2.17. The molecule has 0 aliphatic carbocycles. The Labute approximate surface area is 104 Å². The maximum absolute atomic E-state index is 2.37. The molecule has 0 fully saturated rings. The van der Waals surface area contributed by atoms with Crippen molar-refractivity contribution in [2.24, 2.45) is 0 Å². The first-order valence-electron chi connectivity index (χ1n) is 6.13. The van der Waals surface area contributed by atoms with Crippen molar-refractivity contribution in [1.82, 2.24) is 0 Å². The van der Waals surface area contributed by atoms with Gasteiger partial charge in [0, 0.05) is 17.9 Å². The molecule has 2 aromatic rings. The first kappa shape index (κ1) is 11.7. The zero-order valence-corrected chi connectivity index (χ0v) is 10.8. The van der Waals surface area contributed by atoms with Crippen molar-refractivity contribution in [2.75, 3.05) is 11.4 Å². The van der Waals surface area contributed by atoms with Crippen molar-refractivity contribution >= 4 is 11.4 Å². The molecule has 0 bridgehead atoms. The normalized spacial score (nSPS) is 10.3. The van der Waals surface area contributed by atoms with E-state index in [1.807, 2.05) is 0 Å². The third-order valence-corrected chi connectivity index (χ3v) is 3.13. The van der Waals surface area contributed by atoms with Gasteiger partial charge in [0.15, 0.2) is 0 Å². The van der Waals surface area contributed by atoms with Gasteiger partial charge in [-0.25, -0.2) is 0 Å². The summed E-state index contributed by atoms with van der Waals surface area (Å²) in [7, 11) is 0. The quantitative estimate of drug-likeness (QED) is 0.745. The SMILES string of the molecule is CCN(c1ccccc1C)c1ccccc1C. The number of hydrogen-bond donors (Lipinski definition) is 0. The number of para-hydroxylation sites is 2. The molecule has 0 aliphatic rings. The van der Waals surface area contributed by atoms with E-state index in [4.69, 9.17) is 0 Å². The van der Waals surface area contributed by atoms with E-state index in [1.54, 1.807) is 0 Å². The van der Waals surface area contributed by atoms with Crippen LogP contribution in [0.1, 0.15) is 18.1 Å². The minimum atomic E-state index is 0.982. The molecule has 0 amide bonds. The monoisotopic (exact) mass is 225 g/mol. The first-order chi connectivity index (χ1) is 8.24. The summed E-state index contributed by atoms with van der Waals surface area (Å²) in [6, 6.07) is 17.1. The van der Waals surface area contributed by atoms with E-state index in [1.165, 1.54) is 22.5 Å². The maximum atomic E-state index is 2.37. The highest BCUT2D eigenvalue weighted by Gasteiger charge is 2.10. The summed E-state index contributed by atoms with van der Waals surface area (Å²) in [6.07, 6.45) is 0. The molecule has 1 nitrogen and oxygen atoms in total. The number of rotatable bonds is 3. The van der Waals surface area contributed by atoms with Gasteiger partial charge in [0.2, 0.25) is 0 Å². The van der Waals surface area contributed by atoms with Crippen LogP contribution in [0.25, 0.3) is 0 Å². The van der Waals surface area contributed by atoms with Gasteiger partial charge in [-0.15, -0.1) is 0 Å². The molecule has 0 atom stereocenters. The Morgan fingerprint density at radius 2 is 1.18 bits per heavy atom. The van der Waals surface area contributed by atoms with E-state index in [0.717, 1.165) is 6.54 Å². The molecule has 0 saturated carbocycles. The number of nitrogens with zero attached hydrogens (tertiary/aromatic N) is 1. The Morgan fingerprint density at radius 3 is 1.53 bits per heavy atom. The van der Waals surface area contributed by atoms with Crippen LogP contribution in [0.5, 0.6) is 0 Å². The Kier molecular flexibility index (Phi) is 3.48. The maximum Gasteiger partial charge on any atom is 0.0440 e. The Hall–Kier alpha value is -1.76. The molecule has 0 unspecified atom stereocenters. The molecule has 0 radical (unpaired) electrons. The fourth-order valence-electron chi connectivity index (χ4n) is 2.20. The zero-order valence-electron chi connectivity index (χ0n) is 10.8. The minimum absolute atomic E-state index is 0.982. The molecule has 2 rings (SSSR count). The fraction of sp³-hybridized carbons (Fsp3) is 0.250. The van der Waals surface area contributed by atoms with E-state index in [2.05, 4.69) is 74.2 Å². The first-order valence-corrected chi connectivity index (χ1v) is 6.13. The summed E-state index contributed by atoms with van der Waals surface area (Å²) in [5, 5.41) is 0. The highest BCUT2D eigenvalue weighted by Crippen LogP contribution is 2.29. The number of anilines is 2. The van der Waals surface area contributed by atoms with E-state index >= 15 is 0 Å². The zero-order chi connectivity index (χ0) is 12.3. The molecule has 88 valence electrons. The van der Waals surface area contributed by atoms with Crippen molar-refractivity contribution in [3.63, 3.8) is 0 Å². The van der Waals surface area contributed by atoms with Gasteiger partial charge in [-0.2, -0.15) is 0 Å². The van der Waals surface area contributed by atoms with Crippen LogP contribution in [-0.2, 0) is 0 Å². The third-order valence-electron chi connectivity index (χ3n) is 3.13. The average Bonchev–Trinajstić information content (AvgIpc) is 2.34. The summed E-state index contributed by atoms with van der Waals surface area (Å²) >= 11 is 0. The van der Waals surface area contributed by atoms with E-state index in [-0.39, 0.29) is 0 Å². The highest BCUT2D eigenvalue weighted by atomic mass is 15.1. The topological polar surface area (TPSA) is 3.24 Å². The lowest BCUT2D eigenvalue weighted by Gasteiger charge is -2.26. The van der Waals surface area contributed by atoms with Crippen LogP contribution in [0, 0.1) is 13.8 Å². The van der Waals surface area contributed by atoms with Gasteiger partial charge in [0.1, 0.15) is 0 Å². The van der Waals surface area contributed by atoms with E-state index < -0.39 is 0 Å². The second-order valence-electron chi connectivity index (χ2n) is 4.32. The van der Waals surface area contributed by atoms with E-state index in [0.29, 0.717) is 0 Å². The van der Waals surface area contributed by atoms with Crippen LogP contribution in [0.4, 0.5) is 11.4 Å². The highest BCUT2D eigenvalue weighted by molar-refractivity contribution is 5.68. The molecule has 1 heteroatoms. The van der Waals surface area contributed by atoms with Crippen LogP contribution in [0.3, 0.4) is 0 Å². The Bertz CT molecular complexity index is 457. The summed E-state index contributed by atoms with van der Waals surface area (Å²) in [5.74, 6) is 0. The second-order valence-corrected chi connectivity index (χ2v) is 4.32. The molecule has 0 N–H and O–H groups in total. The lowest BCUT2D eigenvalue weighted by molar-refractivity contribution is 1.01. The van der Waals surface area contributed by atoms with Crippen LogP contribution >= 0.6 is 0 Å². The van der Waals surface area contributed by atoms with Crippen molar-refractivity contribution in [1.29, 1.82) is 0 Å². The summed E-state index contributed by atoms with van der Waals surface area (Å²) in [6.45, 7) is 7.50.